The van der Waals surface area contributed by atoms with Gasteiger partial charge in [0.1, 0.15) is 0 Å². The van der Waals surface area contributed by atoms with E-state index in [2.05, 4.69) is 11.6 Å². The maximum atomic E-state index is 13.1. The monoisotopic (exact) mass is 550 g/mol. The number of morpholine rings is 1. The molecule has 2 heterocycles. The van der Waals surface area contributed by atoms with Crippen molar-refractivity contribution < 1.29 is 26.4 Å². The Hall–Kier alpha value is -2.68. The van der Waals surface area contributed by atoms with E-state index in [1.54, 1.807) is 16.7 Å². The number of carbonyl (C=O) groups is 1. The molecule has 0 aliphatic carbocycles. The minimum Gasteiger partial charge on any atom is -0.373 e. The minimum absolute atomic E-state index is 0.0410. The van der Waals surface area contributed by atoms with Crippen LogP contribution >= 0.6 is 11.3 Å². The fourth-order valence-corrected chi connectivity index (χ4v) is 7.30. The first-order chi connectivity index (χ1) is 16.9. The summed E-state index contributed by atoms with van der Waals surface area (Å²) in [7, 11) is -7.62. The predicted octanol–water partition coefficient (Wildman–Crippen LogP) is 2.08. The van der Waals surface area contributed by atoms with Gasteiger partial charge < -0.3 is 9.30 Å². The summed E-state index contributed by atoms with van der Waals surface area (Å²) < 4.78 is 58.9. The summed E-state index contributed by atoms with van der Waals surface area (Å²) in [6, 6.07) is 10.1. The standard InChI is InChI=1S/C23H26N4O6S3/c1-4-11-27-20-10-9-19(35(24,29)30)12-21(20)34-23(27)25-22(28)17-5-7-18(8-6-17)36(31,32)26-13-15(2)33-16(3)14-26/h4-10,12,15-16H,1,11,13-14H2,2-3H3,(H2,24,29,30)/t15-,16-/m1/s1. The van der Waals surface area contributed by atoms with Crippen molar-refractivity contribution in [1.82, 2.24) is 8.87 Å². The van der Waals surface area contributed by atoms with Crippen molar-refractivity contribution in [3.63, 3.8) is 0 Å². The van der Waals surface area contributed by atoms with Crippen LogP contribution in [0.2, 0.25) is 0 Å². The first-order valence-corrected chi connectivity index (χ1v) is 14.8. The average Bonchev–Trinajstić information content (AvgIpc) is 3.14. The molecule has 0 bridgehead atoms. The number of benzene rings is 2. The summed E-state index contributed by atoms with van der Waals surface area (Å²) in [5, 5.41) is 5.24. The van der Waals surface area contributed by atoms with Crippen molar-refractivity contribution >= 4 is 47.5 Å². The molecule has 3 aromatic rings. The third-order valence-corrected chi connectivity index (χ3v) is 9.41. The number of allylic oxidation sites excluding steroid dienone is 1. The van der Waals surface area contributed by atoms with E-state index < -0.39 is 26.0 Å². The second-order valence-corrected chi connectivity index (χ2v) is 13.0. The van der Waals surface area contributed by atoms with Crippen LogP contribution in [0.5, 0.6) is 0 Å². The van der Waals surface area contributed by atoms with E-state index in [0.29, 0.717) is 21.6 Å². The molecular formula is C23H26N4O6S3. The predicted molar refractivity (Wildman–Crippen MR) is 136 cm³/mol. The largest absolute Gasteiger partial charge is 0.373 e. The van der Waals surface area contributed by atoms with E-state index >= 15 is 0 Å². The Labute approximate surface area is 213 Å². The molecule has 0 spiro atoms. The summed E-state index contributed by atoms with van der Waals surface area (Å²) in [5.74, 6) is -0.566. The Balaban J connectivity index is 1.67. The number of hydrogen-bond acceptors (Lipinski definition) is 7. The molecule has 1 saturated heterocycles. The molecule has 1 amide bonds. The molecule has 1 aliphatic rings. The SMILES string of the molecule is C=CCn1c(=NC(=O)c2ccc(S(=O)(=O)N3C[C@@H](C)O[C@H](C)C3)cc2)sc2cc(S(N)(=O)=O)ccc21. The number of thiazole rings is 1. The summed E-state index contributed by atoms with van der Waals surface area (Å²) in [4.78, 5) is 17.5. The van der Waals surface area contributed by atoms with Crippen molar-refractivity contribution in [1.29, 1.82) is 0 Å². The quantitative estimate of drug-likeness (QED) is 0.466. The van der Waals surface area contributed by atoms with Crippen LogP contribution in [0.1, 0.15) is 24.2 Å². The van der Waals surface area contributed by atoms with Gasteiger partial charge in [0.25, 0.3) is 5.91 Å². The number of nitrogens with two attached hydrogens (primary N) is 1. The molecule has 1 aromatic heterocycles. The highest BCUT2D eigenvalue weighted by atomic mass is 32.2. The van der Waals surface area contributed by atoms with Crippen molar-refractivity contribution in [2.75, 3.05) is 13.1 Å². The van der Waals surface area contributed by atoms with Gasteiger partial charge in [-0.15, -0.1) is 6.58 Å². The van der Waals surface area contributed by atoms with Crippen LogP contribution in [0.15, 0.2) is 69.9 Å². The lowest BCUT2D eigenvalue weighted by atomic mass is 10.2. The van der Waals surface area contributed by atoms with Crippen molar-refractivity contribution in [2.45, 2.75) is 42.4 Å². The van der Waals surface area contributed by atoms with Crippen LogP contribution in [0.25, 0.3) is 10.2 Å². The number of hydrogen-bond donors (Lipinski definition) is 1. The minimum atomic E-state index is -3.89. The van der Waals surface area contributed by atoms with Gasteiger partial charge in [-0.2, -0.15) is 9.30 Å². The molecule has 192 valence electrons. The first-order valence-electron chi connectivity index (χ1n) is 11.0. The molecule has 13 heteroatoms. The Bertz CT molecular complexity index is 1600. The number of sulfonamides is 2. The molecule has 2 atom stereocenters. The first kappa shape index (κ1) is 26.4. The molecule has 0 radical (unpaired) electrons. The van der Waals surface area contributed by atoms with Gasteiger partial charge in [-0.3, -0.25) is 4.79 Å². The number of aromatic nitrogens is 1. The summed E-state index contributed by atoms with van der Waals surface area (Å²) >= 11 is 1.14. The number of carbonyl (C=O) groups excluding carboxylic acids is 1. The molecule has 2 aromatic carbocycles. The van der Waals surface area contributed by atoms with Gasteiger partial charge in [0.15, 0.2) is 4.80 Å². The third-order valence-electron chi connectivity index (χ3n) is 5.62. The molecule has 10 nitrogen and oxygen atoms in total. The Kier molecular flexibility index (Phi) is 7.33. The topological polar surface area (TPSA) is 141 Å². The summed E-state index contributed by atoms with van der Waals surface area (Å²) in [6.45, 7) is 8.23. The number of nitrogens with zero attached hydrogens (tertiary/aromatic N) is 3. The van der Waals surface area contributed by atoms with Gasteiger partial charge in [0.05, 0.1) is 32.2 Å². The highest BCUT2D eigenvalue weighted by molar-refractivity contribution is 7.89. The highest BCUT2D eigenvalue weighted by Gasteiger charge is 2.32. The summed E-state index contributed by atoms with van der Waals surface area (Å²) in [5.41, 5.74) is 0.889. The Morgan fingerprint density at radius 3 is 2.31 bits per heavy atom. The van der Waals surface area contributed by atoms with E-state index in [-0.39, 0.29) is 40.7 Å². The number of ether oxygens (including phenoxy) is 1. The zero-order valence-corrected chi connectivity index (χ0v) is 22.1. The smallest absolute Gasteiger partial charge is 0.279 e. The lowest BCUT2D eigenvalue weighted by Crippen LogP contribution is -2.48. The van der Waals surface area contributed by atoms with Gasteiger partial charge in [-0.05, 0) is 56.3 Å². The number of fused-ring (bicyclic) bond motifs is 1. The second kappa shape index (κ2) is 10.00. The number of amides is 1. The summed E-state index contributed by atoms with van der Waals surface area (Å²) in [6.07, 6.45) is 1.21. The lowest BCUT2D eigenvalue weighted by molar-refractivity contribution is -0.0440. The third kappa shape index (κ3) is 5.36. The highest BCUT2D eigenvalue weighted by Crippen LogP contribution is 2.23. The average molecular weight is 551 g/mol. The van der Waals surface area contributed by atoms with E-state index in [9.17, 15) is 21.6 Å². The molecule has 1 fully saturated rings. The fraction of sp³-hybridized carbons (Fsp3) is 0.304. The zero-order chi connectivity index (χ0) is 26.3. The van der Waals surface area contributed by atoms with Gasteiger partial charge >= 0.3 is 0 Å². The van der Waals surface area contributed by atoms with Crippen molar-refractivity contribution in [3.8, 4) is 0 Å². The number of primary sulfonamides is 1. The molecule has 0 saturated carbocycles. The van der Waals surface area contributed by atoms with Gasteiger partial charge in [-0.1, -0.05) is 17.4 Å². The van der Waals surface area contributed by atoms with Gasteiger partial charge in [-0.25, -0.2) is 22.0 Å². The van der Waals surface area contributed by atoms with Gasteiger partial charge in [0.2, 0.25) is 20.0 Å². The normalized spacial score (nSPS) is 20.0. The number of rotatable bonds is 6. The maximum Gasteiger partial charge on any atom is 0.279 e. The van der Waals surface area contributed by atoms with Crippen LogP contribution in [-0.2, 0) is 31.3 Å². The van der Waals surface area contributed by atoms with Crippen LogP contribution in [0.4, 0.5) is 0 Å². The second-order valence-electron chi connectivity index (χ2n) is 8.48. The molecule has 1 aliphatic heterocycles. The Morgan fingerprint density at radius 1 is 1.11 bits per heavy atom. The van der Waals surface area contributed by atoms with E-state index in [1.807, 2.05) is 13.8 Å². The molecular weight excluding hydrogens is 524 g/mol. The fourth-order valence-electron chi connectivity index (χ4n) is 4.02. The van der Waals surface area contributed by atoms with E-state index in [1.165, 1.54) is 40.7 Å². The zero-order valence-electron chi connectivity index (χ0n) is 19.7. The maximum absolute atomic E-state index is 13.1. The Morgan fingerprint density at radius 2 is 1.72 bits per heavy atom. The lowest BCUT2D eigenvalue weighted by Gasteiger charge is -2.34. The molecule has 2 N–H and O–H groups in total. The van der Waals surface area contributed by atoms with Crippen molar-refractivity contribution in [2.24, 2.45) is 10.1 Å². The van der Waals surface area contributed by atoms with Crippen LogP contribution < -0.4 is 9.94 Å². The van der Waals surface area contributed by atoms with Crippen LogP contribution in [0, 0.1) is 0 Å². The molecule has 4 rings (SSSR count). The van der Waals surface area contributed by atoms with Crippen LogP contribution in [-0.4, -0.2) is 56.9 Å². The van der Waals surface area contributed by atoms with Crippen molar-refractivity contribution in [3.05, 3.63) is 65.5 Å². The molecule has 0 unspecified atom stereocenters. The van der Waals surface area contributed by atoms with E-state index in [0.717, 1.165) is 11.3 Å². The molecule has 36 heavy (non-hydrogen) atoms. The van der Waals surface area contributed by atoms with Crippen LogP contribution in [0.3, 0.4) is 0 Å². The van der Waals surface area contributed by atoms with E-state index in [4.69, 9.17) is 9.88 Å². The van der Waals surface area contributed by atoms with Gasteiger partial charge in [0, 0.05) is 25.2 Å².